The molecule has 1 amide bonds. The Kier molecular flexibility index (Phi) is 2.45. The number of furan rings is 1. The van der Waals surface area contributed by atoms with Crippen molar-refractivity contribution in [1.82, 2.24) is 5.32 Å². The Morgan fingerprint density at radius 2 is 2.00 bits per heavy atom. The maximum absolute atomic E-state index is 11.5. The predicted octanol–water partition coefficient (Wildman–Crippen LogP) is 2.12. The van der Waals surface area contributed by atoms with Crippen LogP contribution in [0.3, 0.4) is 0 Å². The molecule has 1 aromatic heterocycles. The summed E-state index contributed by atoms with van der Waals surface area (Å²) in [4.78, 5) is 11.5. The first kappa shape index (κ1) is 9.84. The molecule has 0 aliphatic rings. The van der Waals surface area contributed by atoms with E-state index in [4.69, 9.17) is 4.42 Å². The normalized spacial score (nSPS) is 11.4. The standard InChI is InChI=1S/C10H15NO2/c1-7-5-6-8(13-7)9(12)11-10(2,3)4/h5-6H,1-4H3,(H,11,12). The summed E-state index contributed by atoms with van der Waals surface area (Å²) in [5, 5.41) is 2.82. The molecule has 1 aromatic rings. The molecule has 0 saturated heterocycles. The number of carbonyl (C=O) groups is 1. The summed E-state index contributed by atoms with van der Waals surface area (Å²) in [6, 6.07) is 3.45. The van der Waals surface area contributed by atoms with Gasteiger partial charge in [0.25, 0.3) is 5.91 Å². The molecule has 0 saturated carbocycles. The summed E-state index contributed by atoms with van der Waals surface area (Å²) in [7, 11) is 0. The third kappa shape index (κ3) is 2.93. The second-order valence-electron chi connectivity index (χ2n) is 4.11. The maximum Gasteiger partial charge on any atom is 0.287 e. The van der Waals surface area contributed by atoms with Gasteiger partial charge in [-0.05, 0) is 39.8 Å². The van der Waals surface area contributed by atoms with E-state index in [2.05, 4.69) is 5.32 Å². The van der Waals surface area contributed by atoms with Crippen LogP contribution < -0.4 is 5.32 Å². The molecular formula is C10H15NO2. The average Bonchev–Trinajstić information content (AvgIpc) is 2.31. The number of hydrogen-bond acceptors (Lipinski definition) is 2. The van der Waals surface area contributed by atoms with Crippen molar-refractivity contribution in [2.45, 2.75) is 33.2 Å². The molecule has 3 nitrogen and oxygen atoms in total. The number of rotatable bonds is 1. The van der Waals surface area contributed by atoms with Gasteiger partial charge in [0.05, 0.1) is 0 Å². The third-order valence-corrected chi connectivity index (χ3v) is 1.45. The molecule has 72 valence electrons. The predicted molar refractivity (Wildman–Crippen MR) is 50.7 cm³/mol. The Morgan fingerprint density at radius 1 is 1.38 bits per heavy atom. The van der Waals surface area contributed by atoms with Gasteiger partial charge in [-0.2, -0.15) is 0 Å². The molecule has 0 spiro atoms. The molecule has 13 heavy (non-hydrogen) atoms. The summed E-state index contributed by atoms with van der Waals surface area (Å²) in [6.45, 7) is 7.61. The van der Waals surface area contributed by atoms with Crippen molar-refractivity contribution in [1.29, 1.82) is 0 Å². The number of amides is 1. The number of carbonyl (C=O) groups excluding carboxylic acids is 1. The van der Waals surface area contributed by atoms with Gasteiger partial charge in [0.2, 0.25) is 0 Å². The van der Waals surface area contributed by atoms with E-state index in [1.165, 1.54) is 0 Å². The molecule has 0 atom stereocenters. The number of hydrogen-bond donors (Lipinski definition) is 1. The van der Waals surface area contributed by atoms with Gasteiger partial charge in [0, 0.05) is 5.54 Å². The van der Waals surface area contributed by atoms with Crippen molar-refractivity contribution in [3.8, 4) is 0 Å². The van der Waals surface area contributed by atoms with E-state index >= 15 is 0 Å². The summed E-state index contributed by atoms with van der Waals surface area (Å²) >= 11 is 0. The SMILES string of the molecule is Cc1ccc(C(=O)NC(C)(C)C)o1. The topological polar surface area (TPSA) is 42.2 Å². The van der Waals surface area contributed by atoms with Crippen LogP contribution in [0.4, 0.5) is 0 Å². The number of aryl methyl sites for hydroxylation is 1. The first-order chi connectivity index (χ1) is 5.88. The van der Waals surface area contributed by atoms with Gasteiger partial charge >= 0.3 is 0 Å². The highest BCUT2D eigenvalue weighted by atomic mass is 16.3. The minimum Gasteiger partial charge on any atom is -0.456 e. The van der Waals surface area contributed by atoms with E-state index in [-0.39, 0.29) is 11.4 Å². The van der Waals surface area contributed by atoms with Crippen molar-refractivity contribution < 1.29 is 9.21 Å². The van der Waals surface area contributed by atoms with Crippen LogP contribution in [0.1, 0.15) is 37.1 Å². The molecule has 0 radical (unpaired) electrons. The first-order valence-electron chi connectivity index (χ1n) is 4.27. The van der Waals surface area contributed by atoms with Gasteiger partial charge in [-0.3, -0.25) is 4.79 Å². The fourth-order valence-corrected chi connectivity index (χ4v) is 0.959. The Labute approximate surface area is 78.1 Å². The van der Waals surface area contributed by atoms with Gasteiger partial charge in [-0.1, -0.05) is 0 Å². The quantitative estimate of drug-likeness (QED) is 0.721. The second-order valence-corrected chi connectivity index (χ2v) is 4.11. The zero-order valence-corrected chi connectivity index (χ0v) is 8.47. The molecule has 0 bridgehead atoms. The fourth-order valence-electron chi connectivity index (χ4n) is 0.959. The Hall–Kier alpha value is -1.25. The van der Waals surface area contributed by atoms with E-state index in [0.717, 1.165) is 5.76 Å². The van der Waals surface area contributed by atoms with Crippen molar-refractivity contribution in [2.24, 2.45) is 0 Å². The Bertz CT molecular complexity index is 307. The van der Waals surface area contributed by atoms with Crippen LogP contribution in [0.5, 0.6) is 0 Å². The van der Waals surface area contributed by atoms with Crippen LogP contribution in [0.15, 0.2) is 16.5 Å². The smallest absolute Gasteiger partial charge is 0.287 e. The zero-order chi connectivity index (χ0) is 10.1. The van der Waals surface area contributed by atoms with E-state index in [9.17, 15) is 4.79 Å². The van der Waals surface area contributed by atoms with Crippen LogP contribution in [0.2, 0.25) is 0 Å². The lowest BCUT2D eigenvalue weighted by molar-refractivity contribution is 0.0890. The lowest BCUT2D eigenvalue weighted by Gasteiger charge is -2.19. The lowest BCUT2D eigenvalue weighted by Crippen LogP contribution is -2.40. The summed E-state index contributed by atoms with van der Waals surface area (Å²) in [5.74, 6) is 0.951. The summed E-state index contributed by atoms with van der Waals surface area (Å²) < 4.78 is 5.18. The minimum atomic E-state index is -0.224. The first-order valence-corrected chi connectivity index (χ1v) is 4.27. The van der Waals surface area contributed by atoms with Gasteiger partial charge < -0.3 is 9.73 Å². The van der Waals surface area contributed by atoms with Gasteiger partial charge in [-0.15, -0.1) is 0 Å². The molecule has 1 N–H and O–H groups in total. The van der Waals surface area contributed by atoms with Crippen molar-refractivity contribution in [3.05, 3.63) is 23.7 Å². The summed E-state index contributed by atoms with van der Waals surface area (Å²) in [6.07, 6.45) is 0. The van der Waals surface area contributed by atoms with Crippen LogP contribution >= 0.6 is 0 Å². The highest BCUT2D eigenvalue weighted by molar-refractivity contribution is 5.91. The van der Waals surface area contributed by atoms with Gasteiger partial charge in [-0.25, -0.2) is 0 Å². The van der Waals surface area contributed by atoms with Crippen LogP contribution in [-0.2, 0) is 0 Å². The van der Waals surface area contributed by atoms with Gasteiger partial charge in [0.1, 0.15) is 5.76 Å². The largest absolute Gasteiger partial charge is 0.456 e. The minimum absolute atomic E-state index is 0.166. The van der Waals surface area contributed by atoms with Crippen molar-refractivity contribution >= 4 is 5.91 Å². The molecule has 0 aliphatic heterocycles. The Morgan fingerprint density at radius 3 is 2.38 bits per heavy atom. The molecule has 3 heteroatoms. The van der Waals surface area contributed by atoms with Crippen molar-refractivity contribution in [3.63, 3.8) is 0 Å². The van der Waals surface area contributed by atoms with Gasteiger partial charge in [0.15, 0.2) is 5.76 Å². The maximum atomic E-state index is 11.5. The van der Waals surface area contributed by atoms with E-state index < -0.39 is 0 Å². The van der Waals surface area contributed by atoms with Crippen molar-refractivity contribution in [2.75, 3.05) is 0 Å². The van der Waals surface area contributed by atoms with Crippen LogP contribution in [-0.4, -0.2) is 11.4 Å². The molecule has 0 aliphatic carbocycles. The highest BCUT2D eigenvalue weighted by Gasteiger charge is 2.17. The average molecular weight is 181 g/mol. The molecule has 0 fully saturated rings. The number of nitrogens with one attached hydrogen (secondary N) is 1. The molecule has 1 rings (SSSR count). The molecule has 1 heterocycles. The third-order valence-electron chi connectivity index (χ3n) is 1.45. The molecule has 0 unspecified atom stereocenters. The van der Waals surface area contributed by atoms with E-state index in [0.29, 0.717) is 5.76 Å². The van der Waals surface area contributed by atoms with Crippen LogP contribution in [0.25, 0.3) is 0 Å². The monoisotopic (exact) mass is 181 g/mol. The highest BCUT2D eigenvalue weighted by Crippen LogP contribution is 2.08. The molecular weight excluding hydrogens is 166 g/mol. The van der Waals surface area contributed by atoms with E-state index in [1.807, 2.05) is 27.7 Å². The fraction of sp³-hybridized carbons (Fsp3) is 0.500. The second kappa shape index (κ2) is 3.24. The summed E-state index contributed by atoms with van der Waals surface area (Å²) in [5.41, 5.74) is -0.224. The lowest BCUT2D eigenvalue weighted by atomic mass is 10.1. The van der Waals surface area contributed by atoms with E-state index in [1.54, 1.807) is 12.1 Å². The van der Waals surface area contributed by atoms with Crippen LogP contribution in [0, 0.1) is 6.92 Å². The molecule has 0 aromatic carbocycles. The zero-order valence-electron chi connectivity index (χ0n) is 8.47. The Balaban J connectivity index is 2.70.